The Kier molecular flexibility index (Phi) is 4.47. The zero-order valence-corrected chi connectivity index (χ0v) is 10.0. The van der Waals surface area contributed by atoms with E-state index in [4.69, 9.17) is 22.4 Å². The van der Waals surface area contributed by atoms with Crippen molar-refractivity contribution in [3.63, 3.8) is 0 Å². The van der Waals surface area contributed by atoms with E-state index in [1.807, 2.05) is 0 Å². The number of carboxylic acids is 1. The number of carbonyl (C=O) groups excluding carboxylic acids is 2. The van der Waals surface area contributed by atoms with Crippen LogP contribution in [0, 0.1) is 0 Å². The molecular weight excluding hydrogens is 268 g/mol. The molecule has 1 heterocycles. The van der Waals surface area contributed by atoms with E-state index in [0.29, 0.717) is 0 Å². The first-order chi connectivity index (χ1) is 7.91. The molecule has 1 aromatic heterocycles. The molecule has 92 valence electrons. The third-order valence-corrected chi connectivity index (χ3v) is 3.17. The highest BCUT2D eigenvalue weighted by molar-refractivity contribution is 7.12. The number of carboxylic acid groups (broad SMARTS) is 1. The van der Waals surface area contributed by atoms with Gasteiger partial charge < -0.3 is 16.2 Å². The Morgan fingerprint density at radius 3 is 2.59 bits per heavy atom. The summed E-state index contributed by atoms with van der Waals surface area (Å²) in [5.41, 5.74) is 4.88. The average Bonchev–Trinajstić information content (AvgIpc) is 2.62. The van der Waals surface area contributed by atoms with Gasteiger partial charge in [-0.05, 0) is 11.4 Å². The fraction of sp³-hybridized carbons (Fsp3) is 0.222. The number of hydrogen-bond donors (Lipinski definition) is 3. The summed E-state index contributed by atoms with van der Waals surface area (Å²) >= 11 is 6.79. The molecule has 0 aromatic carbocycles. The van der Waals surface area contributed by atoms with Crippen molar-refractivity contribution in [2.45, 2.75) is 12.5 Å². The van der Waals surface area contributed by atoms with E-state index in [9.17, 15) is 14.4 Å². The smallest absolute Gasteiger partial charge is 0.326 e. The van der Waals surface area contributed by atoms with Gasteiger partial charge in [0.1, 0.15) is 10.9 Å². The number of nitrogens with two attached hydrogens (primary N) is 1. The maximum atomic E-state index is 11.6. The van der Waals surface area contributed by atoms with Crippen molar-refractivity contribution in [3.8, 4) is 0 Å². The minimum atomic E-state index is -1.35. The molecule has 0 radical (unpaired) electrons. The van der Waals surface area contributed by atoms with Crippen LogP contribution in [0.5, 0.6) is 0 Å². The molecule has 0 aliphatic rings. The highest BCUT2D eigenvalue weighted by Gasteiger charge is 2.24. The zero-order valence-electron chi connectivity index (χ0n) is 8.47. The second-order valence-electron chi connectivity index (χ2n) is 3.13. The molecule has 6 nitrogen and oxygen atoms in total. The summed E-state index contributed by atoms with van der Waals surface area (Å²) < 4.78 is 0. The van der Waals surface area contributed by atoms with Gasteiger partial charge in [-0.3, -0.25) is 9.59 Å². The highest BCUT2D eigenvalue weighted by atomic mass is 35.5. The molecule has 1 rings (SSSR count). The predicted molar refractivity (Wildman–Crippen MR) is 62.0 cm³/mol. The number of aliphatic carboxylic acids is 1. The monoisotopic (exact) mass is 276 g/mol. The van der Waals surface area contributed by atoms with Crippen LogP contribution in [0.3, 0.4) is 0 Å². The number of primary amides is 1. The van der Waals surface area contributed by atoms with Crippen molar-refractivity contribution < 1.29 is 19.5 Å². The number of rotatable bonds is 5. The van der Waals surface area contributed by atoms with Gasteiger partial charge in [-0.15, -0.1) is 11.3 Å². The quantitative estimate of drug-likeness (QED) is 0.726. The molecule has 1 atom stereocenters. The molecular formula is C9H9ClN2O4S. The first-order valence-electron chi connectivity index (χ1n) is 4.46. The van der Waals surface area contributed by atoms with E-state index in [-0.39, 0.29) is 9.90 Å². The van der Waals surface area contributed by atoms with E-state index >= 15 is 0 Å². The number of halogens is 1. The number of amides is 2. The van der Waals surface area contributed by atoms with Crippen LogP contribution >= 0.6 is 22.9 Å². The standard InChI is InChI=1S/C9H9ClN2O4S/c10-4-1-2-17-7(4)8(14)12-5(9(15)16)3-6(11)13/h1-2,5H,3H2,(H2,11,13)(H,12,14)(H,15,16). The molecule has 1 unspecified atom stereocenters. The number of nitrogens with one attached hydrogen (secondary N) is 1. The predicted octanol–water partition coefficient (Wildman–Crippen LogP) is 0.460. The van der Waals surface area contributed by atoms with E-state index < -0.39 is 30.2 Å². The Morgan fingerprint density at radius 1 is 1.53 bits per heavy atom. The summed E-state index contributed by atoms with van der Waals surface area (Å²) in [7, 11) is 0. The van der Waals surface area contributed by atoms with E-state index in [2.05, 4.69) is 5.32 Å². The maximum absolute atomic E-state index is 11.6. The lowest BCUT2D eigenvalue weighted by Gasteiger charge is -2.11. The Hall–Kier alpha value is -1.60. The van der Waals surface area contributed by atoms with Gasteiger partial charge in [0.15, 0.2) is 0 Å². The van der Waals surface area contributed by atoms with Crippen molar-refractivity contribution in [2.24, 2.45) is 5.73 Å². The maximum Gasteiger partial charge on any atom is 0.326 e. The minimum Gasteiger partial charge on any atom is -0.480 e. The van der Waals surface area contributed by atoms with Gasteiger partial charge in [-0.25, -0.2) is 4.79 Å². The van der Waals surface area contributed by atoms with Gasteiger partial charge in [0.05, 0.1) is 11.4 Å². The summed E-state index contributed by atoms with van der Waals surface area (Å²) in [6.07, 6.45) is -0.468. The number of carbonyl (C=O) groups is 3. The molecule has 0 bridgehead atoms. The molecule has 0 saturated carbocycles. The molecule has 0 aliphatic carbocycles. The first-order valence-corrected chi connectivity index (χ1v) is 5.72. The highest BCUT2D eigenvalue weighted by Crippen LogP contribution is 2.21. The third kappa shape index (κ3) is 3.72. The van der Waals surface area contributed by atoms with Crippen molar-refractivity contribution in [2.75, 3.05) is 0 Å². The van der Waals surface area contributed by atoms with Gasteiger partial charge in [0.25, 0.3) is 5.91 Å². The Morgan fingerprint density at radius 2 is 2.18 bits per heavy atom. The van der Waals surface area contributed by atoms with Crippen LogP contribution in [0.15, 0.2) is 11.4 Å². The van der Waals surface area contributed by atoms with Crippen LogP contribution in [-0.4, -0.2) is 28.9 Å². The summed E-state index contributed by atoms with van der Waals surface area (Å²) in [4.78, 5) is 33.2. The largest absolute Gasteiger partial charge is 0.480 e. The van der Waals surface area contributed by atoms with Gasteiger partial charge in [-0.1, -0.05) is 11.6 Å². The third-order valence-electron chi connectivity index (χ3n) is 1.83. The molecule has 4 N–H and O–H groups in total. The molecule has 0 saturated heterocycles. The lowest BCUT2D eigenvalue weighted by atomic mass is 10.2. The van der Waals surface area contributed by atoms with Gasteiger partial charge >= 0.3 is 5.97 Å². The molecule has 8 heteroatoms. The van der Waals surface area contributed by atoms with Crippen LogP contribution < -0.4 is 11.1 Å². The molecule has 1 aromatic rings. The second kappa shape index (κ2) is 5.65. The topological polar surface area (TPSA) is 109 Å². The molecule has 17 heavy (non-hydrogen) atoms. The summed E-state index contributed by atoms with van der Waals surface area (Å²) in [5, 5.41) is 12.8. The SMILES string of the molecule is NC(=O)CC(NC(=O)c1sccc1Cl)C(=O)O. The van der Waals surface area contributed by atoms with Crippen molar-refractivity contribution in [1.82, 2.24) is 5.32 Å². The first kappa shape index (κ1) is 13.5. The van der Waals surface area contributed by atoms with Crippen molar-refractivity contribution >= 4 is 40.7 Å². The molecule has 0 aliphatic heterocycles. The van der Waals surface area contributed by atoms with Crippen LogP contribution in [0.1, 0.15) is 16.1 Å². The number of hydrogen-bond acceptors (Lipinski definition) is 4. The summed E-state index contributed by atoms with van der Waals surface area (Å²) in [6.45, 7) is 0. The van der Waals surface area contributed by atoms with Crippen LogP contribution in [-0.2, 0) is 9.59 Å². The minimum absolute atomic E-state index is 0.197. The van der Waals surface area contributed by atoms with Gasteiger partial charge in [-0.2, -0.15) is 0 Å². The summed E-state index contributed by atoms with van der Waals surface area (Å²) in [6, 6.07) is 0.170. The molecule has 0 fully saturated rings. The van der Waals surface area contributed by atoms with Gasteiger partial charge in [0, 0.05) is 0 Å². The Bertz CT molecular complexity index is 460. The van der Waals surface area contributed by atoms with Crippen molar-refractivity contribution in [1.29, 1.82) is 0 Å². The van der Waals surface area contributed by atoms with E-state index in [1.54, 1.807) is 5.38 Å². The van der Waals surface area contributed by atoms with Gasteiger partial charge in [0.2, 0.25) is 5.91 Å². The lowest BCUT2D eigenvalue weighted by molar-refractivity contribution is -0.140. The number of thiophene rings is 1. The summed E-state index contributed by atoms with van der Waals surface area (Å²) in [5.74, 6) is -2.78. The molecule has 0 spiro atoms. The Balaban J connectivity index is 2.74. The van der Waals surface area contributed by atoms with E-state index in [1.165, 1.54) is 6.07 Å². The van der Waals surface area contributed by atoms with E-state index in [0.717, 1.165) is 11.3 Å². The normalized spacial score (nSPS) is 11.8. The van der Waals surface area contributed by atoms with Crippen molar-refractivity contribution in [3.05, 3.63) is 21.3 Å². The molecule has 2 amide bonds. The van der Waals surface area contributed by atoms with Crippen LogP contribution in [0.25, 0.3) is 0 Å². The van der Waals surface area contributed by atoms with Crippen LogP contribution in [0.4, 0.5) is 0 Å². The van der Waals surface area contributed by atoms with Crippen LogP contribution in [0.2, 0.25) is 5.02 Å². The second-order valence-corrected chi connectivity index (χ2v) is 4.46. The average molecular weight is 277 g/mol. The zero-order chi connectivity index (χ0) is 13.0. The Labute approximate surface area is 105 Å². The fourth-order valence-electron chi connectivity index (χ4n) is 1.08. The fourth-order valence-corrected chi connectivity index (χ4v) is 2.12. The lowest BCUT2D eigenvalue weighted by Crippen LogP contribution is -2.43.